The monoisotopic (exact) mass is 438 g/mol. The summed E-state index contributed by atoms with van der Waals surface area (Å²) < 4.78 is 60.7. The average molecular weight is 439 g/mol. The molecule has 9 heteroatoms. The van der Waals surface area contributed by atoms with E-state index < -0.39 is 20.0 Å². The van der Waals surface area contributed by atoms with Gasteiger partial charge in [0, 0.05) is 13.1 Å². The lowest BCUT2D eigenvalue weighted by atomic mass is 10.2. The van der Waals surface area contributed by atoms with E-state index in [0.29, 0.717) is 31.0 Å². The predicted octanol–water partition coefficient (Wildman–Crippen LogP) is 3.37. The first-order chi connectivity index (χ1) is 13.7. The molecule has 3 rings (SSSR count). The van der Waals surface area contributed by atoms with E-state index in [4.69, 9.17) is 4.74 Å². The Morgan fingerprint density at radius 3 is 2.17 bits per heavy atom. The molecule has 0 saturated carbocycles. The Morgan fingerprint density at radius 2 is 1.55 bits per heavy atom. The zero-order valence-corrected chi connectivity index (χ0v) is 18.2. The van der Waals surface area contributed by atoms with E-state index in [2.05, 4.69) is 4.72 Å². The summed E-state index contributed by atoms with van der Waals surface area (Å²) in [6.07, 6.45) is 2.69. The third-order valence-corrected chi connectivity index (χ3v) is 8.13. The smallest absolute Gasteiger partial charge is 0.261 e. The van der Waals surface area contributed by atoms with Crippen molar-refractivity contribution in [2.24, 2.45) is 0 Å². The van der Waals surface area contributed by atoms with Crippen molar-refractivity contribution in [2.75, 3.05) is 24.4 Å². The quantitative estimate of drug-likeness (QED) is 0.715. The van der Waals surface area contributed by atoms with E-state index in [9.17, 15) is 16.8 Å². The molecule has 1 aliphatic heterocycles. The van der Waals surface area contributed by atoms with Gasteiger partial charge >= 0.3 is 0 Å². The van der Waals surface area contributed by atoms with Crippen LogP contribution >= 0.6 is 0 Å². The lowest BCUT2D eigenvalue weighted by Gasteiger charge is -2.26. The van der Waals surface area contributed by atoms with Gasteiger partial charge in [-0.15, -0.1) is 0 Å². The fourth-order valence-electron chi connectivity index (χ4n) is 3.21. The lowest BCUT2D eigenvalue weighted by Crippen LogP contribution is -2.35. The minimum Gasteiger partial charge on any atom is -0.494 e. The molecule has 2 aromatic rings. The molecule has 1 N–H and O–H groups in total. The van der Waals surface area contributed by atoms with Crippen molar-refractivity contribution in [1.29, 1.82) is 0 Å². The van der Waals surface area contributed by atoms with Gasteiger partial charge in [-0.05, 0) is 68.7 Å². The molecule has 0 aromatic heterocycles. The first-order valence-corrected chi connectivity index (χ1v) is 12.5. The predicted molar refractivity (Wildman–Crippen MR) is 112 cm³/mol. The van der Waals surface area contributed by atoms with Gasteiger partial charge in [-0.3, -0.25) is 4.72 Å². The van der Waals surface area contributed by atoms with Gasteiger partial charge in [-0.1, -0.05) is 12.5 Å². The molecule has 0 unspecified atom stereocenters. The molecule has 1 saturated heterocycles. The van der Waals surface area contributed by atoms with Crippen LogP contribution in [0.3, 0.4) is 0 Å². The van der Waals surface area contributed by atoms with E-state index in [1.54, 1.807) is 25.1 Å². The van der Waals surface area contributed by atoms with E-state index in [0.717, 1.165) is 19.3 Å². The summed E-state index contributed by atoms with van der Waals surface area (Å²) in [5, 5.41) is 0. The number of hydrogen-bond acceptors (Lipinski definition) is 5. The molecule has 0 spiro atoms. The van der Waals surface area contributed by atoms with Gasteiger partial charge in [0.25, 0.3) is 10.0 Å². The number of piperidine rings is 1. The van der Waals surface area contributed by atoms with Crippen LogP contribution in [0.2, 0.25) is 0 Å². The summed E-state index contributed by atoms with van der Waals surface area (Å²) in [5.41, 5.74) is 0.883. The van der Waals surface area contributed by atoms with E-state index in [1.807, 2.05) is 6.92 Å². The molecule has 0 atom stereocenters. The second-order valence-corrected chi connectivity index (χ2v) is 10.6. The van der Waals surface area contributed by atoms with Gasteiger partial charge in [-0.2, -0.15) is 4.31 Å². The molecular formula is C20H26N2O5S2. The van der Waals surface area contributed by atoms with Crippen LogP contribution in [0, 0.1) is 6.92 Å². The maximum Gasteiger partial charge on any atom is 0.261 e. The third-order valence-electron chi connectivity index (χ3n) is 4.85. The van der Waals surface area contributed by atoms with Crippen LogP contribution in [-0.2, 0) is 20.0 Å². The van der Waals surface area contributed by atoms with Crippen molar-refractivity contribution >= 4 is 25.7 Å². The minimum atomic E-state index is -3.87. The molecule has 0 bridgehead atoms. The Kier molecular flexibility index (Phi) is 6.50. The van der Waals surface area contributed by atoms with Crippen LogP contribution in [0.5, 0.6) is 5.75 Å². The van der Waals surface area contributed by atoms with Gasteiger partial charge in [0.2, 0.25) is 10.0 Å². The van der Waals surface area contributed by atoms with E-state index >= 15 is 0 Å². The van der Waals surface area contributed by atoms with Crippen molar-refractivity contribution in [2.45, 2.75) is 42.9 Å². The molecule has 29 heavy (non-hydrogen) atoms. The number of sulfonamides is 2. The number of rotatable bonds is 7. The number of aryl methyl sites for hydroxylation is 1. The number of nitrogens with one attached hydrogen (secondary N) is 1. The van der Waals surface area contributed by atoms with Crippen LogP contribution < -0.4 is 9.46 Å². The standard InChI is InChI=1S/C20H26N2O5S2/c1-3-27-17-8-11-18(12-9-17)28(23,24)21-20-15-19(10-7-16(20)2)29(25,26)22-13-5-4-6-14-22/h7-12,15,21H,3-6,13-14H2,1-2H3. The molecule has 2 aromatic carbocycles. The molecule has 0 amide bonds. The van der Waals surface area contributed by atoms with Gasteiger partial charge in [0.15, 0.2) is 0 Å². The summed E-state index contributed by atoms with van der Waals surface area (Å²) in [4.78, 5) is 0.166. The van der Waals surface area contributed by atoms with Crippen molar-refractivity contribution in [1.82, 2.24) is 4.31 Å². The Balaban J connectivity index is 1.88. The Hall–Kier alpha value is -2.10. The normalized spacial score (nSPS) is 15.8. The van der Waals surface area contributed by atoms with Crippen LogP contribution in [0.15, 0.2) is 52.3 Å². The summed E-state index contributed by atoms with van der Waals surface area (Å²) >= 11 is 0. The highest BCUT2D eigenvalue weighted by molar-refractivity contribution is 7.92. The van der Waals surface area contributed by atoms with Gasteiger partial charge in [-0.25, -0.2) is 16.8 Å². The molecule has 0 aliphatic carbocycles. The average Bonchev–Trinajstić information content (AvgIpc) is 2.71. The molecule has 0 radical (unpaired) electrons. The number of ether oxygens (including phenoxy) is 1. The summed E-state index contributed by atoms with van der Waals surface area (Å²) in [7, 11) is -7.52. The van der Waals surface area contributed by atoms with Crippen LogP contribution in [0.1, 0.15) is 31.7 Å². The van der Waals surface area contributed by atoms with Crippen LogP contribution in [-0.4, -0.2) is 40.8 Å². The second-order valence-electron chi connectivity index (χ2n) is 6.95. The highest BCUT2D eigenvalue weighted by Gasteiger charge is 2.27. The zero-order valence-electron chi connectivity index (χ0n) is 16.6. The van der Waals surface area contributed by atoms with Crippen LogP contribution in [0.4, 0.5) is 5.69 Å². The Morgan fingerprint density at radius 1 is 0.931 bits per heavy atom. The van der Waals surface area contributed by atoms with E-state index in [-0.39, 0.29) is 15.5 Å². The number of benzene rings is 2. The number of hydrogen-bond donors (Lipinski definition) is 1. The molecule has 158 valence electrons. The lowest BCUT2D eigenvalue weighted by molar-refractivity contribution is 0.340. The van der Waals surface area contributed by atoms with Crippen molar-refractivity contribution in [3.8, 4) is 5.75 Å². The summed E-state index contributed by atoms with van der Waals surface area (Å²) in [5.74, 6) is 0.581. The van der Waals surface area contributed by atoms with Crippen molar-refractivity contribution < 1.29 is 21.6 Å². The second kappa shape index (κ2) is 8.73. The van der Waals surface area contributed by atoms with Crippen molar-refractivity contribution in [3.63, 3.8) is 0 Å². The Labute approximate surface area is 172 Å². The fraction of sp³-hybridized carbons (Fsp3) is 0.400. The maximum atomic E-state index is 12.9. The van der Waals surface area contributed by atoms with Crippen LogP contribution in [0.25, 0.3) is 0 Å². The largest absolute Gasteiger partial charge is 0.494 e. The molecule has 1 aliphatic rings. The summed E-state index contributed by atoms with van der Waals surface area (Å²) in [6.45, 7) is 5.04. The Bertz CT molecular complexity index is 1060. The molecule has 7 nitrogen and oxygen atoms in total. The molecule has 1 fully saturated rings. The first kappa shape index (κ1) is 21.6. The SMILES string of the molecule is CCOc1ccc(S(=O)(=O)Nc2cc(S(=O)(=O)N3CCCCC3)ccc2C)cc1. The van der Waals surface area contributed by atoms with Gasteiger partial charge in [0.05, 0.1) is 22.1 Å². The molecular weight excluding hydrogens is 412 g/mol. The topological polar surface area (TPSA) is 92.8 Å². The van der Waals surface area contributed by atoms with Gasteiger partial charge < -0.3 is 4.74 Å². The summed E-state index contributed by atoms with van der Waals surface area (Å²) in [6, 6.07) is 10.6. The maximum absolute atomic E-state index is 12.9. The van der Waals surface area contributed by atoms with E-state index in [1.165, 1.54) is 28.6 Å². The fourth-order valence-corrected chi connectivity index (χ4v) is 5.88. The minimum absolute atomic E-state index is 0.0737. The van der Waals surface area contributed by atoms with Gasteiger partial charge in [0.1, 0.15) is 5.75 Å². The highest BCUT2D eigenvalue weighted by Crippen LogP contribution is 2.27. The first-order valence-electron chi connectivity index (χ1n) is 9.60. The van der Waals surface area contributed by atoms with Crippen molar-refractivity contribution in [3.05, 3.63) is 48.0 Å². The molecule has 1 heterocycles. The zero-order chi connectivity index (χ0) is 21.1. The highest BCUT2D eigenvalue weighted by atomic mass is 32.2. The number of nitrogens with zero attached hydrogens (tertiary/aromatic N) is 1. The number of anilines is 1. The third kappa shape index (κ3) is 4.91.